The third-order valence-corrected chi connectivity index (χ3v) is 8.00. The van der Waals surface area contributed by atoms with E-state index < -0.39 is 0 Å². The van der Waals surface area contributed by atoms with Gasteiger partial charge in [-0.1, -0.05) is 65.2 Å². The summed E-state index contributed by atoms with van der Waals surface area (Å²) < 4.78 is 0. The second-order valence-corrected chi connectivity index (χ2v) is 9.40. The molecular formula is C20H34Zn. The number of hydrogen-bond acceptors (Lipinski definition) is 0. The predicted molar refractivity (Wildman–Crippen MR) is 86.9 cm³/mol. The zero-order valence-corrected chi connectivity index (χ0v) is 17.8. The van der Waals surface area contributed by atoms with Crippen molar-refractivity contribution in [3.63, 3.8) is 0 Å². The van der Waals surface area contributed by atoms with Gasteiger partial charge in [-0.2, -0.15) is 11.8 Å². The molecule has 21 heavy (non-hydrogen) atoms. The molecule has 6 saturated carbocycles. The van der Waals surface area contributed by atoms with E-state index in [0.717, 1.165) is 35.5 Å². The molecule has 6 atom stereocenters. The van der Waals surface area contributed by atoms with Gasteiger partial charge in [0.1, 0.15) is 0 Å². The standard InChI is InChI=1S/2C10H17.Zn/c2*1-7-4-5-8-6-9(7)10(8,2)3;/h2*7-9H,1,4-6H2,2-3H3;/q2*-1;+2/t2*7-,8-,9-;/m00./s1. The van der Waals surface area contributed by atoms with Crippen LogP contribution in [-0.2, 0) is 19.5 Å². The van der Waals surface area contributed by atoms with Crippen LogP contribution in [0, 0.1) is 60.2 Å². The van der Waals surface area contributed by atoms with Crippen LogP contribution in [0.4, 0.5) is 0 Å². The second kappa shape index (κ2) is 5.92. The van der Waals surface area contributed by atoms with E-state index in [1.165, 1.54) is 38.5 Å². The van der Waals surface area contributed by atoms with E-state index in [2.05, 4.69) is 41.5 Å². The maximum absolute atomic E-state index is 4.21. The quantitative estimate of drug-likeness (QED) is 0.387. The number of rotatable bonds is 0. The van der Waals surface area contributed by atoms with E-state index in [-0.39, 0.29) is 19.5 Å². The Labute approximate surface area is 146 Å². The molecule has 4 bridgehead atoms. The topological polar surface area (TPSA) is 0 Å². The van der Waals surface area contributed by atoms with Crippen molar-refractivity contribution in [3.05, 3.63) is 13.8 Å². The third kappa shape index (κ3) is 2.79. The van der Waals surface area contributed by atoms with Gasteiger partial charge in [-0.3, -0.25) is 0 Å². The maximum Gasteiger partial charge on any atom is 2.00 e. The van der Waals surface area contributed by atoms with Crippen LogP contribution in [0.2, 0.25) is 0 Å². The van der Waals surface area contributed by atoms with Gasteiger partial charge in [-0.15, -0.1) is 0 Å². The molecule has 0 heterocycles. The first kappa shape index (κ1) is 18.0. The van der Waals surface area contributed by atoms with Gasteiger partial charge in [-0.25, -0.2) is 0 Å². The molecule has 6 rings (SSSR count). The van der Waals surface area contributed by atoms with E-state index in [4.69, 9.17) is 0 Å². The fraction of sp³-hybridized carbons (Fsp3) is 0.900. The first-order valence-electron chi connectivity index (χ1n) is 8.90. The van der Waals surface area contributed by atoms with Gasteiger partial charge < -0.3 is 13.8 Å². The molecule has 0 unspecified atom stereocenters. The Morgan fingerprint density at radius 2 is 1.00 bits per heavy atom. The Kier molecular flexibility index (Phi) is 5.07. The fourth-order valence-electron chi connectivity index (χ4n) is 5.93. The molecule has 0 aromatic heterocycles. The van der Waals surface area contributed by atoms with Crippen molar-refractivity contribution in [3.8, 4) is 0 Å². The van der Waals surface area contributed by atoms with Gasteiger partial charge in [0, 0.05) is 0 Å². The third-order valence-electron chi connectivity index (χ3n) is 8.00. The summed E-state index contributed by atoms with van der Waals surface area (Å²) in [6.45, 7) is 18.1. The summed E-state index contributed by atoms with van der Waals surface area (Å²) in [6.07, 6.45) is 8.61. The zero-order chi connectivity index (χ0) is 14.7. The molecule has 0 saturated heterocycles. The molecule has 116 valence electrons. The Hall–Kier alpha value is 0.623. The van der Waals surface area contributed by atoms with Crippen LogP contribution in [0.1, 0.15) is 66.2 Å². The molecule has 0 N–H and O–H groups in total. The Morgan fingerprint density at radius 3 is 1.14 bits per heavy atom. The smallest absolute Gasteiger partial charge is 0.340 e. The van der Waals surface area contributed by atoms with Crippen LogP contribution in [-0.4, -0.2) is 0 Å². The summed E-state index contributed by atoms with van der Waals surface area (Å²) in [5.74, 6) is 5.50. The van der Waals surface area contributed by atoms with Crippen molar-refractivity contribution >= 4 is 0 Å². The summed E-state index contributed by atoms with van der Waals surface area (Å²) in [5, 5.41) is 0. The minimum Gasteiger partial charge on any atom is -0.340 e. The van der Waals surface area contributed by atoms with Crippen molar-refractivity contribution in [2.75, 3.05) is 0 Å². The van der Waals surface area contributed by atoms with E-state index in [9.17, 15) is 0 Å². The molecule has 0 aliphatic heterocycles. The van der Waals surface area contributed by atoms with Crippen molar-refractivity contribution in [1.29, 1.82) is 0 Å². The molecule has 0 radical (unpaired) electrons. The Balaban J connectivity index is 0.000000147. The maximum atomic E-state index is 4.21. The summed E-state index contributed by atoms with van der Waals surface area (Å²) in [6, 6.07) is 0. The summed E-state index contributed by atoms with van der Waals surface area (Å²) >= 11 is 0. The monoisotopic (exact) mass is 338 g/mol. The zero-order valence-electron chi connectivity index (χ0n) is 14.8. The van der Waals surface area contributed by atoms with E-state index in [1.807, 2.05) is 0 Å². The van der Waals surface area contributed by atoms with Crippen LogP contribution < -0.4 is 0 Å². The van der Waals surface area contributed by atoms with E-state index in [0.29, 0.717) is 10.8 Å². The average Bonchev–Trinajstić information content (AvgIpc) is 2.38. The first-order valence-corrected chi connectivity index (χ1v) is 8.90. The molecule has 0 aromatic carbocycles. The summed E-state index contributed by atoms with van der Waals surface area (Å²) in [7, 11) is 0. The van der Waals surface area contributed by atoms with Gasteiger partial charge in [-0.05, 0) is 35.5 Å². The molecule has 6 aliphatic carbocycles. The molecule has 0 spiro atoms. The average molecular weight is 340 g/mol. The molecule has 6 aliphatic rings. The minimum absolute atomic E-state index is 0. The molecule has 0 nitrogen and oxygen atoms in total. The molecule has 0 aromatic rings. The van der Waals surface area contributed by atoms with Crippen molar-refractivity contribution < 1.29 is 19.5 Å². The van der Waals surface area contributed by atoms with Crippen molar-refractivity contribution in [2.45, 2.75) is 66.2 Å². The van der Waals surface area contributed by atoms with Crippen LogP contribution in [0.25, 0.3) is 0 Å². The van der Waals surface area contributed by atoms with Gasteiger partial charge in [0.05, 0.1) is 0 Å². The van der Waals surface area contributed by atoms with Crippen LogP contribution in [0.3, 0.4) is 0 Å². The van der Waals surface area contributed by atoms with Gasteiger partial charge in [0.25, 0.3) is 0 Å². The minimum atomic E-state index is 0. The molecule has 0 amide bonds. The van der Waals surface area contributed by atoms with Crippen molar-refractivity contribution in [1.82, 2.24) is 0 Å². The van der Waals surface area contributed by atoms with Crippen LogP contribution in [0.5, 0.6) is 0 Å². The Bertz CT molecular complexity index is 330. The number of fused-ring (bicyclic) bond motifs is 4. The predicted octanol–water partition coefficient (Wildman–Crippen LogP) is 5.78. The summed E-state index contributed by atoms with van der Waals surface area (Å²) in [4.78, 5) is 0. The van der Waals surface area contributed by atoms with Gasteiger partial charge in [0.15, 0.2) is 0 Å². The van der Waals surface area contributed by atoms with E-state index >= 15 is 0 Å². The Morgan fingerprint density at radius 1 is 0.667 bits per heavy atom. The van der Waals surface area contributed by atoms with Crippen LogP contribution >= 0.6 is 0 Å². The second-order valence-electron chi connectivity index (χ2n) is 9.40. The molecule has 1 heteroatoms. The van der Waals surface area contributed by atoms with Crippen molar-refractivity contribution in [2.24, 2.45) is 46.3 Å². The van der Waals surface area contributed by atoms with Gasteiger partial charge >= 0.3 is 19.5 Å². The number of hydrogen-bond donors (Lipinski definition) is 0. The summed E-state index contributed by atoms with van der Waals surface area (Å²) in [5.41, 5.74) is 1.29. The van der Waals surface area contributed by atoms with E-state index in [1.54, 1.807) is 0 Å². The first-order chi connectivity index (χ1) is 9.24. The van der Waals surface area contributed by atoms with Crippen LogP contribution in [0.15, 0.2) is 0 Å². The molecular weight excluding hydrogens is 306 g/mol. The largest absolute Gasteiger partial charge is 2.00 e. The van der Waals surface area contributed by atoms with Gasteiger partial charge in [0.2, 0.25) is 0 Å². The normalized spacial score (nSPS) is 47.7. The molecule has 6 fully saturated rings. The SMILES string of the molecule is [CH2-][C@H]1CC[C@H]2C[C@@H]1C2(C)C.[CH2-][C@H]1CC[C@H]2C[C@@H]1C2(C)C.[Zn+2]. The fourth-order valence-corrected chi connectivity index (χ4v) is 5.93.